The molecule has 0 aromatic heterocycles. The van der Waals surface area contributed by atoms with Crippen molar-refractivity contribution in [1.29, 1.82) is 0 Å². The maximum atomic E-state index is 2.00. The summed E-state index contributed by atoms with van der Waals surface area (Å²) in [6.07, 6.45) is 8.00. The standard InChI is InChI=1S/4C3H7.H2O.Zr/c4*1-3-2;;/h4*3H,1-2H3;1H2;/q4*-1;;+4. The second-order valence-electron chi connectivity index (χ2n) is 2.31. The van der Waals surface area contributed by atoms with Crippen molar-refractivity contribution in [1.82, 2.24) is 0 Å². The molecule has 0 radical (unpaired) electrons. The second-order valence-corrected chi connectivity index (χ2v) is 2.31. The summed E-state index contributed by atoms with van der Waals surface area (Å²) in [6, 6.07) is 0. The van der Waals surface area contributed by atoms with Crippen molar-refractivity contribution in [3.8, 4) is 0 Å². The van der Waals surface area contributed by atoms with Gasteiger partial charge in [-0.2, -0.15) is 55.4 Å². The molecule has 0 saturated carbocycles. The van der Waals surface area contributed by atoms with E-state index >= 15 is 0 Å². The van der Waals surface area contributed by atoms with Crippen molar-refractivity contribution < 1.29 is 31.7 Å². The van der Waals surface area contributed by atoms with E-state index in [-0.39, 0.29) is 31.7 Å². The molecule has 0 aliphatic heterocycles. The van der Waals surface area contributed by atoms with E-state index in [0.717, 1.165) is 0 Å². The molecule has 0 aliphatic carbocycles. The summed E-state index contributed by atoms with van der Waals surface area (Å²) in [5.74, 6) is 0. The third-order valence-corrected chi connectivity index (χ3v) is 0. The van der Waals surface area contributed by atoms with Gasteiger partial charge in [0.25, 0.3) is 0 Å². The van der Waals surface area contributed by atoms with E-state index in [2.05, 4.69) is 0 Å². The first-order valence-electron chi connectivity index (χ1n) is 4.62. The van der Waals surface area contributed by atoms with Crippen LogP contribution in [0.25, 0.3) is 0 Å². The van der Waals surface area contributed by atoms with Crippen molar-refractivity contribution in [2.75, 3.05) is 0 Å². The van der Waals surface area contributed by atoms with Crippen LogP contribution in [0.1, 0.15) is 55.4 Å². The molecule has 1 nitrogen and oxygen atoms in total. The quantitative estimate of drug-likeness (QED) is 0.599. The Morgan fingerprint density at radius 3 is 0.429 bits per heavy atom. The third-order valence-electron chi connectivity index (χ3n) is 0. The van der Waals surface area contributed by atoms with Gasteiger partial charge >= 0.3 is 26.2 Å². The van der Waals surface area contributed by atoms with Crippen LogP contribution in [0, 0.1) is 25.7 Å². The maximum Gasteiger partial charge on any atom is 4.00 e. The van der Waals surface area contributed by atoms with Crippen molar-refractivity contribution >= 4 is 0 Å². The SMILES string of the molecule is C[CH-]C.C[CH-]C.C[CH-]C.C[CH-]C.O.[Zr+4]. The van der Waals surface area contributed by atoms with Gasteiger partial charge in [0.15, 0.2) is 0 Å². The van der Waals surface area contributed by atoms with Gasteiger partial charge in [-0.25, -0.2) is 0 Å². The van der Waals surface area contributed by atoms with Gasteiger partial charge < -0.3 is 31.2 Å². The molecule has 88 valence electrons. The predicted octanol–water partition coefficient (Wildman–Crippen LogP) is 4.09. The molecule has 0 bridgehead atoms. The molecule has 0 atom stereocenters. The summed E-state index contributed by atoms with van der Waals surface area (Å²) >= 11 is 0. The Balaban J connectivity index is -0.0000000145. The van der Waals surface area contributed by atoms with E-state index in [0.29, 0.717) is 0 Å². The molecule has 0 aromatic rings. The average Bonchev–Trinajstić information content (AvgIpc) is 1.92. The molecule has 0 aliphatic rings. The Kier molecular flexibility index (Phi) is 253. The molecule has 0 spiro atoms. The molecule has 0 fully saturated rings. The third kappa shape index (κ3) is 2530. The zero-order valence-corrected chi connectivity index (χ0v) is 13.8. The summed E-state index contributed by atoms with van der Waals surface area (Å²) in [5, 5.41) is 0. The van der Waals surface area contributed by atoms with Crippen LogP contribution < -0.4 is 0 Å². The van der Waals surface area contributed by atoms with Crippen molar-refractivity contribution in [2.24, 2.45) is 0 Å². The summed E-state index contributed by atoms with van der Waals surface area (Å²) in [5.41, 5.74) is 0. The number of hydrogen-bond acceptors (Lipinski definition) is 0. The maximum absolute atomic E-state index is 2.00. The first-order valence-corrected chi connectivity index (χ1v) is 4.62. The van der Waals surface area contributed by atoms with E-state index < -0.39 is 0 Å². The van der Waals surface area contributed by atoms with Gasteiger partial charge in [0.05, 0.1) is 0 Å². The Labute approximate surface area is 113 Å². The van der Waals surface area contributed by atoms with E-state index in [1.165, 1.54) is 0 Å². The Morgan fingerprint density at radius 2 is 0.429 bits per heavy atom. The van der Waals surface area contributed by atoms with Crippen LogP contribution in [0.4, 0.5) is 0 Å². The summed E-state index contributed by atoms with van der Waals surface area (Å²) < 4.78 is 0. The van der Waals surface area contributed by atoms with Crippen LogP contribution in [0.5, 0.6) is 0 Å². The van der Waals surface area contributed by atoms with Crippen molar-refractivity contribution in [3.63, 3.8) is 0 Å². The summed E-state index contributed by atoms with van der Waals surface area (Å²) in [4.78, 5) is 0. The normalized spacial score (nSPS) is 5.14. The zero-order valence-electron chi connectivity index (χ0n) is 11.3. The van der Waals surface area contributed by atoms with E-state index in [1.54, 1.807) is 0 Å². The molecule has 0 aromatic carbocycles. The monoisotopic (exact) mass is 280 g/mol. The summed E-state index contributed by atoms with van der Waals surface area (Å²) in [6.45, 7) is 16.0. The smallest absolute Gasteiger partial charge is 0.412 e. The second kappa shape index (κ2) is 97.3. The van der Waals surface area contributed by atoms with Crippen LogP contribution in [0.2, 0.25) is 0 Å². The molecule has 0 rings (SSSR count). The fraction of sp³-hybridized carbons (Fsp3) is 0.667. The largest absolute Gasteiger partial charge is 4.00 e. The number of hydrogen-bond donors (Lipinski definition) is 0. The Hall–Kier alpha value is 0.843. The van der Waals surface area contributed by atoms with Crippen LogP contribution in [0.15, 0.2) is 0 Å². The van der Waals surface area contributed by atoms with Crippen LogP contribution in [-0.2, 0) is 26.2 Å². The van der Waals surface area contributed by atoms with Crippen molar-refractivity contribution in [2.45, 2.75) is 55.4 Å². The average molecular weight is 282 g/mol. The molecular formula is C12H30OZr. The summed E-state index contributed by atoms with van der Waals surface area (Å²) in [7, 11) is 0. The minimum atomic E-state index is 0. The minimum absolute atomic E-state index is 0. The molecule has 0 amide bonds. The fourth-order valence-corrected chi connectivity index (χ4v) is 0. The van der Waals surface area contributed by atoms with Gasteiger partial charge in [0.1, 0.15) is 0 Å². The van der Waals surface area contributed by atoms with Crippen molar-refractivity contribution in [3.05, 3.63) is 25.7 Å². The van der Waals surface area contributed by atoms with Crippen LogP contribution >= 0.6 is 0 Å². The van der Waals surface area contributed by atoms with Crippen LogP contribution in [-0.4, -0.2) is 5.48 Å². The zero-order chi connectivity index (χ0) is 10.8. The first-order chi connectivity index (χ1) is 5.66. The molecule has 0 unspecified atom stereocenters. The topological polar surface area (TPSA) is 31.5 Å². The van der Waals surface area contributed by atoms with E-state index in [1.807, 2.05) is 81.1 Å². The fourth-order valence-electron chi connectivity index (χ4n) is 0. The van der Waals surface area contributed by atoms with Gasteiger partial charge in [0.2, 0.25) is 0 Å². The van der Waals surface area contributed by atoms with E-state index in [9.17, 15) is 0 Å². The van der Waals surface area contributed by atoms with Gasteiger partial charge in [-0.15, -0.1) is 0 Å². The van der Waals surface area contributed by atoms with E-state index in [4.69, 9.17) is 0 Å². The Bertz CT molecular complexity index is 18.3. The van der Waals surface area contributed by atoms with Gasteiger partial charge in [0, 0.05) is 0 Å². The predicted molar refractivity (Wildman–Crippen MR) is 66.2 cm³/mol. The minimum Gasteiger partial charge on any atom is -0.412 e. The molecule has 0 saturated heterocycles. The molecule has 0 heterocycles. The molecular weight excluding hydrogens is 251 g/mol. The first kappa shape index (κ1) is 36.4. The van der Waals surface area contributed by atoms with Crippen LogP contribution in [0.3, 0.4) is 0 Å². The molecule has 14 heavy (non-hydrogen) atoms. The molecule has 2 heteroatoms. The van der Waals surface area contributed by atoms with Gasteiger partial charge in [-0.1, -0.05) is 0 Å². The Morgan fingerprint density at radius 1 is 0.429 bits per heavy atom. The number of rotatable bonds is 0. The van der Waals surface area contributed by atoms with Gasteiger partial charge in [-0.3, -0.25) is 0 Å². The molecule has 2 N–H and O–H groups in total. The van der Waals surface area contributed by atoms with Gasteiger partial charge in [-0.05, 0) is 0 Å².